The van der Waals surface area contributed by atoms with Gasteiger partial charge in [0, 0.05) is 17.6 Å². The highest BCUT2D eigenvalue weighted by Gasteiger charge is 2.15. The molecule has 1 amide bonds. The molecule has 0 heterocycles. The summed E-state index contributed by atoms with van der Waals surface area (Å²) < 4.78 is 0. The topological polar surface area (TPSA) is 41.1 Å². The van der Waals surface area contributed by atoms with Crippen LogP contribution in [0.2, 0.25) is 5.02 Å². The molecule has 2 atom stereocenters. The van der Waals surface area contributed by atoms with Gasteiger partial charge in [0.05, 0.1) is 6.04 Å². The van der Waals surface area contributed by atoms with Gasteiger partial charge in [-0.1, -0.05) is 37.6 Å². The van der Waals surface area contributed by atoms with Crippen LogP contribution >= 0.6 is 11.6 Å². The minimum Gasteiger partial charge on any atom is -0.355 e. The van der Waals surface area contributed by atoms with Crippen LogP contribution in [0.3, 0.4) is 0 Å². The quantitative estimate of drug-likeness (QED) is 0.808. The van der Waals surface area contributed by atoms with E-state index in [2.05, 4.69) is 24.5 Å². The van der Waals surface area contributed by atoms with E-state index in [4.69, 9.17) is 11.6 Å². The molecule has 1 aromatic carbocycles. The van der Waals surface area contributed by atoms with Crippen molar-refractivity contribution < 1.29 is 4.79 Å². The number of benzene rings is 1. The van der Waals surface area contributed by atoms with Crippen molar-refractivity contribution in [3.8, 4) is 0 Å². The van der Waals surface area contributed by atoms with E-state index in [-0.39, 0.29) is 18.0 Å². The average Bonchev–Trinajstić information content (AvgIpc) is 2.38. The standard InChI is InChI=1S/C16H25ClN2O/c1-11(2)9-10-18-16(20)13(4)19-12(3)14-5-7-15(17)8-6-14/h5-8,11-13,19H,9-10H2,1-4H3,(H,18,20). The predicted octanol–water partition coefficient (Wildman–Crippen LogP) is 3.54. The van der Waals surface area contributed by atoms with Gasteiger partial charge in [0.15, 0.2) is 0 Å². The van der Waals surface area contributed by atoms with Gasteiger partial charge in [-0.3, -0.25) is 10.1 Å². The molecular formula is C16H25ClN2O. The lowest BCUT2D eigenvalue weighted by Crippen LogP contribution is -2.43. The monoisotopic (exact) mass is 296 g/mol. The molecule has 20 heavy (non-hydrogen) atoms. The van der Waals surface area contributed by atoms with Crippen molar-refractivity contribution in [3.05, 3.63) is 34.9 Å². The van der Waals surface area contributed by atoms with E-state index in [0.29, 0.717) is 5.92 Å². The van der Waals surface area contributed by atoms with Crippen LogP contribution in [0.15, 0.2) is 24.3 Å². The van der Waals surface area contributed by atoms with Crippen LogP contribution in [0.5, 0.6) is 0 Å². The molecule has 1 rings (SSSR count). The largest absolute Gasteiger partial charge is 0.355 e. The Morgan fingerprint density at radius 1 is 1.15 bits per heavy atom. The molecule has 0 aromatic heterocycles. The highest BCUT2D eigenvalue weighted by Crippen LogP contribution is 2.16. The van der Waals surface area contributed by atoms with Gasteiger partial charge in [-0.05, 0) is 43.9 Å². The summed E-state index contributed by atoms with van der Waals surface area (Å²) in [5, 5.41) is 6.98. The normalized spacial score (nSPS) is 14.1. The lowest BCUT2D eigenvalue weighted by Gasteiger charge is -2.20. The molecule has 2 unspecified atom stereocenters. The van der Waals surface area contributed by atoms with Crippen LogP contribution in [0.4, 0.5) is 0 Å². The van der Waals surface area contributed by atoms with E-state index >= 15 is 0 Å². The second-order valence-corrected chi connectivity index (χ2v) is 6.07. The van der Waals surface area contributed by atoms with Gasteiger partial charge in [-0.15, -0.1) is 0 Å². The maximum atomic E-state index is 12.0. The summed E-state index contributed by atoms with van der Waals surface area (Å²) in [4.78, 5) is 12.0. The van der Waals surface area contributed by atoms with Crippen LogP contribution in [0.25, 0.3) is 0 Å². The zero-order valence-electron chi connectivity index (χ0n) is 12.7. The zero-order valence-corrected chi connectivity index (χ0v) is 13.5. The fourth-order valence-electron chi connectivity index (χ4n) is 1.94. The molecule has 0 fully saturated rings. The average molecular weight is 297 g/mol. The first-order valence-corrected chi connectivity index (χ1v) is 7.57. The molecule has 0 saturated heterocycles. The molecule has 0 spiro atoms. The number of amides is 1. The summed E-state index contributed by atoms with van der Waals surface area (Å²) in [7, 11) is 0. The maximum absolute atomic E-state index is 12.0. The van der Waals surface area contributed by atoms with Crippen LogP contribution < -0.4 is 10.6 Å². The molecule has 1 aromatic rings. The van der Waals surface area contributed by atoms with Crippen LogP contribution in [0.1, 0.15) is 45.7 Å². The van der Waals surface area contributed by atoms with Crippen molar-refractivity contribution in [2.24, 2.45) is 5.92 Å². The van der Waals surface area contributed by atoms with Crippen LogP contribution in [0, 0.1) is 5.92 Å². The fourth-order valence-corrected chi connectivity index (χ4v) is 2.06. The molecule has 0 aliphatic heterocycles. The summed E-state index contributed by atoms with van der Waals surface area (Å²) in [5.74, 6) is 0.651. The number of carbonyl (C=O) groups excluding carboxylic acids is 1. The molecule has 112 valence electrons. The minimum atomic E-state index is -0.215. The number of rotatable bonds is 7. The number of carbonyl (C=O) groups is 1. The lowest BCUT2D eigenvalue weighted by atomic mass is 10.1. The maximum Gasteiger partial charge on any atom is 0.236 e. The second-order valence-electron chi connectivity index (χ2n) is 5.64. The number of halogens is 1. The Balaban J connectivity index is 2.42. The number of hydrogen-bond acceptors (Lipinski definition) is 2. The van der Waals surface area contributed by atoms with E-state index < -0.39 is 0 Å². The summed E-state index contributed by atoms with van der Waals surface area (Å²) in [6.07, 6.45) is 1.01. The van der Waals surface area contributed by atoms with Gasteiger partial charge in [-0.2, -0.15) is 0 Å². The Morgan fingerprint density at radius 3 is 2.30 bits per heavy atom. The van der Waals surface area contributed by atoms with E-state index in [0.717, 1.165) is 23.6 Å². The van der Waals surface area contributed by atoms with Gasteiger partial charge in [-0.25, -0.2) is 0 Å². The molecule has 4 heteroatoms. The van der Waals surface area contributed by atoms with Gasteiger partial charge < -0.3 is 5.32 Å². The summed E-state index contributed by atoms with van der Waals surface area (Å²) in [6, 6.07) is 7.57. The Hall–Kier alpha value is -1.06. The molecular weight excluding hydrogens is 272 g/mol. The lowest BCUT2D eigenvalue weighted by molar-refractivity contribution is -0.122. The molecule has 3 nitrogen and oxygen atoms in total. The fraction of sp³-hybridized carbons (Fsp3) is 0.562. The van der Waals surface area contributed by atoms with Gasteiger partial charge in [0.25, 0.3) is 0 Å². The number of nitrogens with one attached hydrogen (secondary N) is 2. The van der Waals surface area contributed by atoms with E-state index in [1.54, 1.807) is 0 Å². The summed E-state index contributed by atoms with van der Waals surface area (Å²) in [6.45, 7) is 8.96. The zero-order chi connectivity index (χ0) is 15.1. The SMILES string of the molecule is CC(C)CCNC(=O)C(C)NC(C)c1ccc(Cl)cc1. The minimum absolute atomic E-state index is 0.0477. The van der Waals surface area contributed by atoms with Crippen molar-refractivity contribution in [1.29, 1.82) is 0 Å². The van der Waals surface area contributed by atoms with Gasteiger partial charge in [0.1, 0.15) is 0 Å². The van der Waals surface area contributed by atoms with E-state index in [1.165, 1.54) is 0 Å². The molecule has 2 N–H and O–H groups in total. The van der Waals surface area contributed by atoms with Crippen LogP contribution in [-0.4, -0.2) is 18.5 Å². The third-order valence-electron chi connectivity index (χ3n) is 3.28. The highest BCUT2D eigenvalue weighted by molar-refractivity contribution is 6.30. The predicted molar refractivity (Wildman–Crippen MR) is 84.9 cm³/mol. The molecule has 0 bridgehead atoms. The second kappa shape index (κ2) is 8.28. The molecule has 0 saturated carbocycles. The van der Waals surface area contributed by atoms with Gasteiger partial charge >= 0.3 is 0 Å². The summed E-state index contributed by atoms with van der Waals surface area (Å²) >= 11 is 5.87. The molecule has 0 radical (unpaired) electrons. The first-order valence-electron chi connectivity index (χ1n) is 7.19. The van der Waals surface area contributed by atoms with E-state index in [9.17, 15) is 4.79 Å². The molecule has 0 aliphatic rings. The highest BCUT2D eigenvalue weighted by atomic mass is 35.5. The van der Waals surface area contributed by atoms with Crippen molar-refractivity contribution in [1.82, 2.24) is 10.6 Å². The third kappa shape index (κ3) is 5.93. The first kappa shape index (κ1) is 17.0. The van der Waals surface area contributed by atoms with E-state index in [1.807, 2.05) is 38.1 Å². The third-order valence-corrected chi connectivity index (χ3v) is 3.54. The number of hydrogen-bond donors (Lipinski definition) is 2. The Morgan fingerprint density at radius 2 is 1.75 bits per heavy atom. The van der Waals surface area contributed by atoms with Crippen molar-refractivity contribution in [2.45, 2.75) is 46.2 Å². The first-order chi connectivity index (χ1) is 9.40. The Bertz CT molecular complexity index is 417. The van der Waals surface area contributed by atoms with Gasteiger partial charge in [0.2, 0.25) is 5.91 Å². The Labute approximate surface area is 127 Å². The van der Waals surface area contributed by atoms with Crippen molar-refractivity contribution >= 4 is 17.5 Å². The smallest absolute Gasteiger partial charge is 0.236 e. The van der Waals surface area contributed by atoms with Crippen molar-refractivity contribution in [2.75, 3.05) is 6.54 Å². The Kier molecular flexibility index (Phi) is 7.03. The van der Waals surface area contributed by atoms with Crippen LogP contribution in [-0.2, 0) is 4.79 Å². The summed E-state index contributed by atoms with van der Waals surface area (Å²) in [5.41, 5.74) is 1.12. The van der Waals surface area contributed by atoms with Crippen molar-refractivity contribution in [3.63, 3.8) is 0 Å². The molecule has 0 aliphatic carbocycles.